The largest absolute Gasteiger partial charge is 0.492 e. The maximum Gasteiger partial charge on any atom is 0.173 e. The van der Waals surface area contributed by atoms with Gasteiger partial charge < -0.3 is 4.74 Å². The Morgan fingerprint density at radius 1 is 1.30 bits per heavy atom. The molecule has 0 saturated heterocycles. The molecule has 4 nitrogen and oxygen atoms in total. The summed E-state index contributed by atoms with van der Waals surface area (Å²) in [7, 11) is 3.31. The fraction of sp³-hybridized carbons (Fsp3) is 0.471. The molecule has 0 unspecified atom stereocenters. The Morgan fingerprint density at radius 3 is 2.52 bits per heavy atom. The van der Waals surface area contributed by atoms with Gasteiger partial charge >= 0.3 is 0 Å². The van der Waals surface area contributed by atoms with Crippen LogP contribution in [0, 0.1) is 11.7 Å². The molecule has 0 bridgehead atoms. The highest BCUT2D eigenvalue weighted by molar-refractivity contribution is 6.32. The zero-order valence-corrected chi connectivity index (χ0v) is 14.8. The maximum atomic E-state index is 14.0. The number of benzene rings is 1. The monoisotopic (exact) mass is 339 g/mol. The van der Waals surface area contributed by atoms with Gasteiger partial charge in [0.25, 0.3) is 0 Å². The molecule has 1 heterocycles. The van der Waals surface area contributed by atoms with Crippen molar-refractivity contribution < 1.29 is 9.13 Å². The minimum atomic E-state index is -0.430. The topological polar surface area (TPSA) is 30.3 Å². The van der Waals surface area contributed by atoms with Crippen molar-refractivity contribution in [1.82, 2.24) is 14.7 Å². The van der Waals surface area contributed by atoms with Crippen LogP contribution < -0.4 is 4.74 Å². The van der Waals surface area contributed by atoms with E-state index >= 15 is 0 Å². The molecular formula is C17H23ClFN3O. The summed E-state index contributed by atoms with van der Waals surface area (Å²) in [5, 5.41) is 4.50. The summed E-state index contributed by atoms with van der Waals surface area (Å²) in [4.78, 5) is 2.26. The van der Waals surface area contributed by atoms with Crippen LogP contribution in [0.2, 0.25) is 5.02 Å². The van der Waals surface area contributed by atoms with Gasteiger partial charge in [0, 0.05) is 38.4 Å². The van der Waals surface area contributed by atoms with E-state index < -0.39 is 5.82 Å². The van der Waals surface area contributed by atoms with Crippen molar-refractivity contribution in [2.24, 2.45) is 13.0 Å². The van der Waals surface area contributed by atoms with Gasteiger partial charge in [-0.25, -0.2) is 4.39 Å². The highest BCUT2D eigenvalue weighted by Crippen LogP contribution is 2.29. The highest BCUT2D eigenvalue weighted by Gasteiger charge is 2.14. The second-order valence-electron chi connectivity index (χ2n) is 6.18. The average Bonchev–Trinajstić information content (AvgIpc) is 2.83. The summed E-state index contributed by atoms with van der Waals surface area (Å²) in [5.41, 5.74) is 1.96. The van der Waals surface area contributed by atoms with Gasteiger partial charge in [-0.3, -0.25) is 9.58 Å². The number of aryl methyl sites for hydroxylation is 1. The lowest BCUT2D eigenvalue weighted by Crippen LogP contribution is -2.27. The summed E-state index contributed by atoms with van der Waals surface area (Å²) in [6.45, 7) is 6.61. The average molecular weight is 340 g/mol. The second-order valence-corrected chi connectivity index (χ2v) is 6.59. The van der Waals surface area contributed by atoms with Crippen molar-refractivity contribution in [2.45, 2.75) is 26.9 Å². The summed E-state index contributed by atoms with van der Waals surface area (Å²) in [6, 6.07) is 3.25. The molecule has 6 heteroatoms. The third-order valence-electron chi connectivity index (χ3n) is 3.46. The Morgan fingerprint density at radius 2 is 2.00 bits per heavy atom. The molecule has 0 amide bonds. The first-order valence-electron chi connectivity index (χ1n) is 7.60. The SMILES string of the molecule is COc1c(F)cc(CN(Cc2cnn(C)c2)CC(C)C)cc1Cl. The second kappa shape index (κ2) is 7.79. The van der Waals surface area contributed by atoms with Crippen LogP contribution >= 0.6 is 11.6 Å². The van der Waals surface area contributed by atoms with Gasteiger partial charge in [0.2, 0.25) is 0 Å². The first-order chi connectivity index (χ1) is 10.9. The van der Waals surface area contributed by atoms with Crippen LogP contribution in [-0.4, -0.2) is 28.3 Å². The summed E-state index contributed by atoms with van der Waals surface area (Å²) < 4.78 is 20.8. The lowest BCUT2D eigenvalue weighted by Gasteiger charge is -2.24. The normalized spacial score (nSPS) is 11.5. The molecule has 0 fully saturated rings. The molecule has 0 saturated carbocycles. The van der Waals surface area contributed by atoms with Crippen LogP contribution in [0.1, 0.15) is 25.0 Å². The third kappa shape index (κ3) is 4.94. The van der Waals surface area contributed by atoms with E-state index in [9.17, 15) is 4.39 Å². The maximum absolute atomic E-state index is 14.0. The van der Waals surface area contributed by atoms with E-state index in [0.29, 0.717) is 17.5 Å². The standard InChI is InChI=1S/C17H23ClFN3O/c1-12(2)8-22(11-14-7-20-21(3)9-14)10-13-5-15(18)17(23-4)16(19)6-13/h5-7,9,12H,8,10-11H2,1-4H3. The Hall–Kier alpha value is -1.59. The first-order valence-corrected chi connectivity index (χ1v) is 7.98. The van der Waals surface area contributed by atoms with Crippen LogP contribution in [-0.2, 0) is 20.1 Å². The summed E-state index contributed by atoms with van der Waals surface area (Å²) in [5.74, 6) is 0.171. The molecule has 2 aromatic rings. The van der Waals surface area contributed by atoms with Crippen LogP contribution in [0.3, 0.4) is 0 Å². The van der Waals surface area contributed by atoms with Gasteiger partial charge in [-0.15, -0.1) is 0 Å². The van der Waals surface area contributed by atoms with Crippen molar-refractivity contribution >= 4 is 11.6 Å². The molecule has 0 spiro atoms. The Kier molecular flexibility index (Phi) is 6.02. The van der Waals surface area contributed by atoms with Crippen LogP contribution in [0.5, 0.6) is 5.75 Å². The van der Waals surface area contributed by atoms with Gasteiger partial charge in [-0.05, 0) is 23.6 Å². The Bertz CT molecular complexity index is 634. The number of aromatic nitrogens is 2. The number of halogens is 2. The predicted molar refractivity (Wildman–Crippen MR) is 90.1 cm³/mol. The molecule has 0 aliphatic heterocycles. The van der Waals surface area contributed by atoms with E-state index in [2.05, 4.69) is 23.8 Å². The van der Waals surface area contributed by atoms with Crippen LogP contribution in [0.15, 0.2) is 24.5 Å². The van der Waals surface area contributed by atoms with Gasteiger partial charge in [-0.1, -0.05) is 25.4 Å². The lowest BCUT2D eigenvalue weighted by molar-refractivity contribution is 0.227. The number of hydrogen-bond acceptors (Lipinski definition) is 3. The molecule has 0 aliphatic rings. The van der Waals surface area contributed by atoms with Gasteiger partial charge in [0.15, 0.2) is 11.6 Å². The number of methoxy groups -OCH3 is 1. The fourth-order valence-corrected chi connectivity index (χ4v) is 2.98. The molecule has 1 aromatic carbocycles. The van der Waals surface area contributed by atoms with Gasteiger partial charge in [-0.2, -0.15) is 5.10 Å². The Labute approximate surface area is 141 Å². The molecule has 0 radical (unpaired) electrons. The Balaban J connectivity index is 2.17. The molecule has 2 rings (SSSR count). The lowest BCUT2D eigenvalue weighted by atomic mass is 10.1. The van der Waals surface area contributed by atoms with E-state index in [1.165, 1.54) is 13.2 Å². The minimum Gasteiger partial charge on any atom is -0.492 e. The zero-order valence-electron chi connectivity index (χ0n) is 14.0. The zero-order chi connectivity index (χ0) is 17.0. The molecule has 23 heavy (non-hydrogen) atoms. The van der Waals surface area contributed by atoms with Gasteiger partial charge in [0.05, 0.1) is 18.3 Å². The van der Waals surface area contributed by atoms with Crippen LogP contribution in [0.4, 0.5) is 4.39 Å². The van der Waals surface area contributed by atoms with E-state index in [0.717, 1.165) is 24.2 Å². The highest BCUT2D eigenvalue weighted by atomic mass is 35.5. The van der Waals surface area contributed by atoms with E-state index in [4.69, 9.17) is 16.3 Å². The van der Waals surface area contributed by atoms with Crippen molar-refractivity contribution in [2.75, 3.05) is 13.7 Å². The molecule has 0 N–H and O–H groups in total. The molecule has 1 aromatic heterocycles. The van der Waals surface area contributed by atoms with Crippen molar-refractivity contribution in [3.63, 3.8) is 0 Å². The van der Waals surface area contributed by atoms with Gasteiger partial charge in [0.1, 0.15) is 0 Å². The molecule has 0 aliphatic carbocycles. The van der Waals surface area contributed by atoms with Crippen molar-refractivity contribution in [3.05, 3.63) is 46.5 Å². The number of ether oxygens (including phenoxy) is 1. The smallest absolute Gasteiger partial charge is 0.173 e. The molecular weight excluding hydrogens is 317 g/mol. The number of hydrogen-bond donors (Lipinski definition) is 0. The fourth-order valence-electron chi connectivity index (χ4n) is 2.67. The van der Waals surface area contributed by atoms with Crippen LogP contribution in [0.25, 0.3) is 0 Å². The van der Waals surface area contributed by atoms with Crippen molar-refractivity contribution in [3.8, 4) is 5.75 Å². The molecule has 126 valence electrons. The predicted octanol–water partition coefficient (Wildman–Crippen LogP) is 3.88. The quantitative estimate of drug-likeness (QED) is 0.767. The number of rotatable bonds is 7. The first kappa shape index (κ1) is 17.8. The van der Waals surface area contributed by atoms with E-state index in [1.54, 1.807) is 10.7 Å². The third-order valence-corrected chi connectivity index (χ3v) is 3.74. The summed E-state index contributed by atoms with van der Waals surface area (Å²) in [6.07, 6.45) is 3.85. The molecule has 0 atom stereocenters. The van der Waals surface area contributed by atoms with E-state index in [-0.39, 0.29) is 5.75 Å². The van der Waals surface area contributed by atoms with Crippen molar-refractivity contribution in [1.29, 1.82) is 0 Å². The van der Waals surface area contributed by atoms with E-state index in [1.807, 2.05) is 19.4 Å². The summed E-state index contributed by atoms with van der Waals surface area (Å²) >= 11 is 6.09. The number of nitrogens with zero attached hydrogens (tertiary/aromatic N) is 3. The minimum absolute atomic E-state index is 0.0954.